The molecule has 3 aromatic rings. The maximum atomic E-state index is 11.8. The lowest BCUT2D eigenvalue weighted by Crippen LogP contribution is -2.13. The lowest BCUT2D eigenvalue weighted by molar-refractivity contribution is 0.0602. The first-order chi connectivity index (χ1) is 12.1. The molecule has 0 spiro atoms. The van der Waals surface area contributed by atoms with E-state index < -0.39 is 5.97 Å². The number of halogens is 1. The van der Waals surface area contributed by atoms with Gasteiger partial charge >= 0.3 is 5.97 Å². The molecule has 1 N–H and O–H groups in total. The summed E-state index contributed by atoms with van der Waals surface area (Å²) in [4.78, 5) is 12.0. The lowest BCUT2D eigenvalue weighted by atomic mass is 10.2. The van der Waals surface area contributed by atoms with Crippen LogP contribution in [-0.4, -0.2) is 22.9 Å². The van der Waals surface area contributed by atoms with Gasteiger partial charge in [0.1, 0.15) is 6.67 Å². The smallest absolute Gasteiger partial charge is 0.339 e. The summed E-state index contributed by atoms with van der Waals surface area (Å²) in [5, 5.41) is 7.51. The fourth-order valence-electron chi connectivity index (χ4n) is 2.23. The summed E-state index contributed by atoms with van der Waals surface area (Å²) < 4.78 is 12.7. The largest absolute Gasteiger partial charge is 0.465 e. The number of hydrogen-bond donors (Lipinski definition) is 1. The van der Waals surface area contributed by atoms with Crippen LogP contribution >= 0.6 is 28.1 Å². The van der Waals surface area contributed by atoms with Crippen LogP contribution in [0.5, 0.6) is 0 Å². The number of para-hydroxylation sites is 1. The van der Waals surface area contributed by atoms with E-state index in [1.165, 1.54) is 11.8 Å². The number of rotatable bonds is 5. The van der Waals surface area contributed by atoms with E-state index in [0.717, 1.165) is 10.0 Å². The van der Waals surface area contributed by atoms with Gasteiger partial charge in [-0.2, -0.15) is 0 Å². The maximum Gasteiger partial charge on any atom is 0.339 e. The zero-order valence-corrected chi connectivity index (χ0v) is 15.6. The molecule has 0 aliphatic rings. The molecule has 0 bridgehead atoms. The summed E-state index contributed by atoms with van der Waals surface area (Å²) in [6.45, 7) is 0.251. The summed E-state index contributed by atoms with van der Waals surface area (Å²) in [6, 6.07) is 14.6. The van der Waals surface area contributed by atoms with Crippen LogP contribution < -0.4 is 5.32 Å². The van der Waals surface area contributed by atoms with Crippen molar-refractivity contribution in [1.29, 1.82) is 0 Å². The zero-order chi connectivity index (χ0) is 17.8. The molecule has 3 rings (SSSR count). The minimum absolute atomic E-state index is 0.230. The highest BCUT2D eigenvalue weighted by atomic mass is 79.9. The Morgan fingerprint density at radius 3 is 2.76 bits per heavy atom. The molecule has 0 saturated carbocycles. The zero-order valence-electron chi connectivity index (χ0n) is 13.2. The van der Waals surface area contributed by atoms with E-state index in [0.29, 0.717) is 17.1 Å². The van der Waals surface area contributed by atoms with Gasteiger partial charge in [-0.05, 0) is 52.4 Å². The van der Waals surface area contributed by atoms with E-state index in [1.807, 2.05) is 30.3 Å². The first-order valence-electron chi connectivity index (χ1n) is 7.34. The SMILES string of the molecule is COC(=O)c1ccccc1NCn1nc(-c2ccccc2Br)oc1=S. The van der Waals surface area contributed by atoms with Crippen molar-refractivity contribution in [2.24, 2.45) is 0 Å². The van der Waals surface area contributed by atoms with Crippen molar-refractivity contribution in [2.75, 3.05) is 12.4 Å². The van der Waals surface area contributed by atoms with E-state index in [4.69, 9.17) is 21.4 Å². The van der Waals surface area contributed by atoms with Gasteiger partial charge in [0.05, 0.1) is 23.9 Å². The normalized spacial score (nSPS) is 10.5. The Morgan fingerprint density at radius 2 is 2.00 bits per heavy atom. The lowest BCUT2D eigenvalue weighted by Gasteiger charge is -2.09. The Hall–Kier alpha value is -2.45. The highest BCUT2D eigenvalue weighted by molar-refractivity contribution is 9.10. The third-order valence-corrected chi connectivity index (χ3v) is 4.45. The molecule has 0 saturated heterocycles. The summed E-state index contributed by atoms with van der Waals surface area (Å²) >= 11 is 8.69. The molecule has 0 aliphatic carbocycles. The van der Waals surface area contributed by atoms with Crippen LogP contribution in [0.3, 0.4) is 0 Å². The van der Waals surface area contributed by atoms with Crippen LogP contribution in [0.25, 0.3) is 11.5 Å². The molecule has 0 radical (unpaired) electrons. The van der Waals surface area contributed by atoms with E-state index in [-0.39, 0.29) is 11.5 Å². The molecule has 1 aromatic heterocycles. The molecule has 1 heterocycles. The standard InChI is InChI=1S/C17H14BrN3O3S/c1-23-16(22)12-7-3-5-9-14(12)19-10-21-17(25)24-15(20-21)11-6-2-4-8-13(11)18/h2-9,19H,10H2,1H3. The van der Waals surface area contributed by atoms with Gasteiger partial charge in [0.15, 0.2) is 0 Å². The monoisotopic (exact) mass is 419 g/mol. The van der Waals surface area contributed by atoms with Crippen LogP contribution in [-0.2, 0) is 11.4 Å². The van der Waals surface area contributed by atoms with Crippen molar-refractivity contribution < 1.29 is 13.9 Å². The molecule has 6 nitrogen and oxygen atoms in total. The number of hydrogen-bond acceptors (Lipinski definition) is 6. The van der Waals surface area contributed by atoms with Crippen LogP contribution in [0.15, 0.2) is 57.4 Å². The van der Waals surface area contributed by atoms with Gasteiger partial charge in [0.2, 0.25) is 5.89 Å². The topological polar surface area (TPSA) is 69.3 Å². The Balaban J connectivity index is 1.83. The van der Waals surface area contributed by atoms with E-state index >= 15 is 0 Å². The van der Waals surface area contributed by atoms with Crippen LogP contribution in [0.4, 0.5) is 5.69 Å². The van der Waals surface area contributed by atoms with Crippen molar-refractivity contribution >= 4 is 39.8 Å². The van der Waals surface area contributed by atoms with E-state index in [1.54, 1.807) is 18.2 Å². The number of methoxy groups -OCH3 is 1. The summed E-state index contributed by atoms with van der Waals surface area (Å²) in [7, 11) is 1.34. The Morgan fingerprint density at radius 1 is 1.28 bits per heavy atom. The average Bonchev–Trinajstić information content (AvgIpc) is 3.00. The number of esters is 1. The number of anilines is 1. The number of benzene rings is 2. The van der Waals surface area contributed by atoms with Crippen molar-refractivity contribution in [3.8, 4) is 11.5 Å². The molecule has 0 atom stereocenters. The molecule has 8 heteroatoms. The predicted molar refractivity (Wildman–Crippen MR) is 99.9 cm³/mol. The van der Waals surface area contributed by atoms with Crippen molar-refractivity contribution in [2.45, 2.75) is 6.67 Å². The third-order valence-electron chi connectivity index (χ3n) is 3.46. The highest BCUT2D eigenvalue weighted by Gasteiger charge is 2.13. The quantitative estimate of drug-likeness (QED) is 0.485. The number of carbonyl (C=O) groups excluding carboxylic acids is 1. The van der Waals surface area contributed by atoms with Gasteiger partial charge in [-0.25, -0.2) is 9.48 Å². The fourth-order valence-corrected chi connectivity index (χ4v) is 2.87. The van der Waals surface area contributed by atoms with Crippen LogP contribution in [0, 0.1) is 4.84 Å². The predicted octanol–water partition coefficient (Wildman–Crippen LogP) is 4.49. The summed E-state index contributed by atoms with van der Waals surface area (Å²) in [5.41, 5.74) is 1.87. The molecule has 128 valence electrons. The van der Waals surface area contributed by atoms with Crippen LogP contribution in [0.2, 0.25) is 0 Å². The maximum absolute atomic E-state index is 11.8. The molecule has 0 unspecified atom stereocenters. The van der Waals surface area contributed by atoms with Gasteiger partial charge in [-0.15, -0.1) is 5.10 Å². The Kier molecular flexibility index (Phi) is 5.30. The number of ether oxygens (including phenoxy) is 1. The number of carbonyl (C=O) groups is 1. The van der Waals surface area contributed by atoms with E-state index in [2.05, 4.69) is 26.3 Å². The second kappa shape index (κ2) is 7.62. The number of aromatic nitrogens is 2. The minimum Gasteiger partial charge on any atom is -0.465 e. The second-order valence-corrected chi connectivity index (χ2v) is 6.23. The highest BCUT2D eigenvalue weighted by Crippen LogP contribution is 2.26. The first-order valence-corrected chi connectivity index (χ1v) is 8.54. The first kappa shape index (κ1) is 17.4. The fraction of sp³-hybridized carbons (Fsp3) is 0.118. The Bertz CT molecular complexity index is 968. The van der Waals surface area contributed by atoms with Gasteiger partial charge in [-0.3, -0.25) is 0 Å². The molecule has 0 aliphatic heterocycles. The molecule has 25 heavy (non-hydrogen) atoms. The summed E-state index contributed by atoms with van der Waals surface area (Å²) in [6.07, 6.45) is 0. The number of nitrogens with one attached hydrogen (secondary N) is 1. The molecule has 0 fully saturated rings. The van der Waals surface area contributed by atoms with Gasteiger partial charge in [0, 0.05) is 4.47 Å². The molecular weight excluding hydrogens is 406 g/mol. The van der Waals surface area contributed by atoms with Crippen molar-refractivity contribution in [3.63, 3.8) is 0 Å². The average molecular weight is 420 g/mol. The number of nitrogens with zero attached hydrogens (tertiary/aromatic N) is 2. The molecular formula is C17H14BrN3O3S. The van der Waals surface area contributed by atoms with Gasteiger partial charge in [-0.1, -0.05) is 24.3 Å². The third kappa shape index (κ3) is 3.80. The van der Waals surface area contributed by atoms with Gasteiger partial charge < -0.3 is 14.5 Å². The second-order valence-electron chi connectivity index (χ2n) is 5.02. The molecule has 0 amide bonds. The molecule has 2 aromatic carbocycles. The summed E-state index contributed by atoms with van der Waals surface area (Å²) in [5.74, 6) is 0.00119. The minimum atomic E-state index is -0.416. The van der Waals surface area contributed by atoms with Crippen molar-refractivity contribution in [1.82, 2.24) is 9.78 Å². The van der Waals surface area contributed by atoms with Crippen molar-refractivity contribution in [3.05, 3.63) is 63.4 Å². The van der Waals surface area contributed by atoms with Crippen LogP contribution in [0.1, 0.15) is 10.4 Å². The van der Waals surface area contributed by atoms with E-state index in [9.17, 15) is 4.79 Å². The van der Waals surface area contributed by atoms with Gasteiger partial charge in [0.25, 0.3) is 4.84 Å². The Labute approximate surface area is 157 Å².